The van der Waals surface area contributed by atoms with Crippen LogP contribution in [0.5, 0.6) is 5.75 Å². The number of carbonyl (C=O) groups excluding carboxylic acids is 1. The molecule has 4 rings (SSSR count). The first-order chi connectivity index (χ1) is 12.9. The Balaban J connectivity index is 1.73. The number of hydrogen-bond donors (Lipinski definition) is 0. The Hall–Kier alpha value is -2.61. The molecule has 142 valence electrons. The van der Waals surface area contributed by atoms with Crippen molar-refractivity contribution in [3.63, 3.8) is 0 Å². The van der Waals surface area contributed by atoms with Gasteiger partial charge in [0.1, 0.15) is 11.6 Å². The molecule has 0 bridgehead atoms. The minimum atomic E-state index is -3.27. The zero-order valence-corrected chi connectivity index (χ0v) is 15.5. The van der Waals surface area contributed by atoms with Crippen molar-refractivity contribution < 1.29 is 22.3 Å². The zero-order chi connectivity index (χ0) is 19.2. The van der Waals surface area contributed by atoms with E-state index in [0.29, 0.717) is 23.7 Å². The van der Waals surface area contributed by atoms with Gasteiger partial charge in [0.2, 0.25) is 0 Å². The summed E-state index contributed by atoms with van der Waals surface area (Å²) < 4.78 is 43.2. The van der Waals surface area contributed by atoms with Crippen molar-refractivity contribution in [2.75, 3.05) is 27.9 Å². The molecule has 6 nitrogen and oxygen atoms in total. The normalized spacial score (nSPS) is 23.6. The lowest BCUT2D eigenvalue weighted by Crippen LogP contribution is -2.37. The Labute approximate surface area is 157 Å². The van der Waals surface area contributed by atoms with Crippen LogP contribution < -0.4 is 14.5 Å². The lowest BCUT2D eigenvalue weighted by molar-refractivity contribution is 0.255. The van der Waals surface area contributed by atoms with E-state index in [1.165, 1.54) is 34.1 Å². The van der Waals surface area contributed by atoms with Gasteiger partial charge in [-0.15, -0.1) is 0 Å². The summed E-state index contributed by atoms with van der Waals surface area (Å²) in [6.07, 6.45) is 0. The van der Waals surface area contributed by atoms with Crippen LogP contribution in [-0.2, 0) is 9.84 Å². The van der Waals surface area contributed by atoms with Crippen LogP contribution in [0.15, 0.2) is 48.5 Å². The maximum absolute atomic E-state index is 13.3. The molecule has 0 unspecified atom stereocenters. The van der Waals surface area contributed by atoms with Gasteiger partial charge in [-0.1, -0.05) is 0 Å². The molecule has 27 heavy (non-hydrogen) atoms. The Kier molecular flexibility index (Phi) is 4.30. The first-order valence-electron chi connectivity index (χ1n) is 8.71. The van der Waals surface area contributed by atoms with Crippen molar-refractivity contribution in [1.29, 1.82) is 0 Å². The molecule has 2 fully saturated rings. The second-order valence-electron chi connectivity index (χ2n) is 6.64. The number of amides is 2. The summed E-state index contributed by atoms with van der Waals surface area (Å²) in [4.78, 5) is 16.1. The van der Waals surface area contributed by atoms with Gasteiger partial charge in [-0.2, -0.15) is 0 Å². The van der Waals surface area contributed by atoms with Crippen LogP contribution in [0.4, 0.5) is 20.6 Å². The standard InChI is InChI=1S/C19H19FN2O4S/c1-2-26-16-9-7-15(8-10-16)22-18-12-27(24,25)11-17(18)21(19(22)23)14-5-3-13(20)4-6-14/h3-10,17-18H,2,11-12H2,1H3/t17-,18-/m1/s1. The van der Waals surface area contributed by atoms with Gasteiger partial charge in [0.15, 0.2) is 9.84 Å². The number of fused-ring (bicyclic) bond motifs is 1. The molecule has 2 atom stereocenters. The molecule has 2 aromatic rings. The molecule has 0 radical (unpaired) electrons. The Morgan fingerprint density at radius 2 is 1.44 bits per heavy atom. The smallest absolute Gasteiger partial charge is 0.329 e. The van der Waals surface area contributed by atoms with Crippen LogP contribution in [0.3, 0.4) is 0 Å². The minimum Gasteiger partial charge on any atom is -0.494 e. The van der Waals surface area contributed by atoms with Crippen molar-refractivity contribution in [2.24, 2.45) is 0 Å². The average Bonchev–Trinajstić information content (AvgIpc) is 3.06. The average molecular weight is 390 g/mol. The topological polar surface area (TPSA) is 66.9 Å². The molecule has 0 saturated carbocycles. The highest BCUT2D eigenvalue weighted by Gasteiger charge is 2.54. The first-order valence-corrected chi connectivity index (χ1v) is 10.5. The number of halogens is 1. The lowest BCUT2D eigenvalue weighted by atomic mass is 10.1. The molecule has 2 aromatic carbocycles. The lowest BCUT2D eigenvalue weighted by Gasteiger charge is -2.23. The largest absolute Gasteiger partial charge is 0.494 e. The monoisotopic (exact) mass is 390 g/mol. The Morgan fingerprint density at radius 3 is 1.93 bits per heavy atom. The van der Waals surface area contributed by atoms with Gasteiger partial charge in [-0.05, 0) is 55.5 Å². The maximum atomic E-state index is 13.3. The second kappa shape index (κ2) is 6.53. The molecule has 2 aliphatic heterocycles. The van der Waals surface area contributed by atoms with E-state index in [0.717, 1.165) is 0 Å². The number of hydrogen-bond acceptors (Lipinski definition) is 4. The Morgan fingerprint density at radius 1 is 0.963 bits per heavy atom. The number of benzene rings is 2. The van der Waals surface area contributed by atoms with Crippen LogP contribution in [0.2, 0.25) is 0 Å². The molecule has 8 heteroatoms. The summed E-state index contributed by atoms with van der Waals surface area (Å²) in [7, 11) is -3.27. The van der Waals surface area contributed by atoms with E-state index in [4.69, 9.17) is 4.74 Å². The second-order valence-corrected chi connectivity index (χ2v) is 8.79. The molecule has 2 saturated heterocycles. The summed E-state index contributed by atoms with van der Waals surface area (Å²) in [5.41, 5.74) is 1.10. The molecule has 2 aliphatic rings. The van der Waals surface area contributed by atoms with Crippen molar-refractivity contribution in [3.05, 3.63) is 54.3 Å². The number of ether oxygens (including phenoxy) is 1. The molecular formula is C19H19FN2O4S. The van der Waals surface area contributed by atoms with E-state index in [1.54, 1.807) is 24.3 Å². The molecule has 0 N–H and O–H groups in total. The number of sulfone groups is 1. The molecular weight excluding hydrogens is 371 g/mol. The van der Waals surface area contributed by atoms with E-state index in [-0.39, 0.29) is 17.5 Å². The SMILES string of the molecule is CCOc1ccc(N2C(=O)N(c3ccc(F)cc3)[C@@H]3CS(=O)(=O)C[C@H]32)cc1. The van der Waals surface area contributed by atoms with Gasteiger partial charge in [-0.25, -0.2) is 17.6 Å². The van der Waals surface area contributed by atoms with Gasteiger partial charge < -0.3 is 4.74 Å². The predicted molar refractivity (Wildman–Crippen MR) is 101 cm³/mol. The van der Waals surface area contributed by atoms with Crippen LogP contribution in [-0.4, -0.2) is 44.6 Å². The maximum Gasteiger partial charge on any atom is 0.329 e. The molecule has 2 heterocycles. The van der Waals surface area contributed by atoms with Crippen molar-refractivity contribution >= 4 is 27.2 Å². The van der Waals surface area contributed by atoms with Gasteiger partial charge >= 0.3 is 6.03 Å². The number of carbonyl (C=O) groups is 1. The van der Waals surface area contributed by atoms with Gasteiger partial charge in [0.25, 0.3) is 0 Å². The van der Waals surface area contributed by atoms with E-state index in [9.17, 15) is 17.6 Å². The summed E-state index contributed by atoms with van der Waals surface area (Å²) in [6.45, 7) is 2.41. The van der Waals surface area contributed by atoms with E-state index in [1.807, 2.05) is 6.92 Å². The van der Waals surface area contributed by atoms with Crippen molar-refractivity contribution in [2.45, 2.75) is 19.0 Å². The molecule has 2 amide bonds. The van der Waals surface area contributed by atoms with Crippen LogP contribution in [0.1, 0.15) is 6.92 Å². The third-order valence-corrected chi connectivity index (χ3v) is 6.60. The van der Waals surface area contributed by atoms with Crippen molar-refractivity contribution in [1.82, 2.24) is 0 Å². The highest BCUT2D eigenvalue weighted by atomic mass is 32.2. The van der Waals surface area contributed by atoms with Gasteiger partial charge in [-0.3, -0.25) is 9.80 Å². The first kappa shape index (κ1) is 17.8. The highest BCUT2D eigenvalue weighted by Crippen LogP contribution is 2.38. The fourth-order valence-electron chi connectivity index (χ4n) is 3.78. The predicted octanol–water partition coefficient (Wildman–Crippen LogP) is 2.84. The van der Waals surface area contributed by atoms with Crippen LogP contribution in [0, 0.1) is 5.82 Å². The van der Waals surface area contributed by atoms with Gasteiger partial charge in [0, 0.05) is 11.4 Å². The third-order valence-electron chi connectivity index (χ3n) is 4.90. The number of anilines is 2. The summed E-state index contributed by atoms with van der Waals surface area (Å²) in [5, 5.41) is 0. The van der Waals surface area contributed by atoms with E-state index in [2.05, 4.69) is 0 Å². The summed E-state index contributed by atoms with van der Waals surface area (Å²) >= 11 is 0. The van der Waals surface area contributed by atoms with Crippen LogP contribution in [0.25, 0.3) is 0 Å². The summed E-state index contributed by atoms with van der Waals surface area (Å²) in [5.74, 6) is 0.0750. The number of nitrogens with zero attached hydrogens (tertiary/aromatic N) is 2. The van der Waals surface area contributed by atoms with Gasteiger partial charge in [0.05, 0.1) is 30.2 Å². The number of urea groups is 1. The van der Waals surface area contributed by atoms with Crippen molar-refractivity contribution in [3.8, 4) is 5.75 Å². The Bertz CT molecular complexity index is 960. The summed E-state index contributed by atoms with van der Waals surface area (Å²) in [6, 6.07) is 11.2. The molecule has 0 aromatic heterocycles. The molecule has 0 aliphatic carbocycles. The number of rotatable bonds is 4. The van der Waals surface area contributed by atoms with E-state index >= 15 is 0 Å². The zero-order valence-electron chi connectivity index (χ0n) is 14.7. The fourth-order valence-corrected chi connectivity index (χ4v) is 5.70. The van der Waals surface area contributed by atoms with E-state index < -0.39 is 27.7 Å². The third kappa shape index (κ3) is 3.14. The molecule has 0 spiro atoms. The fraction of sp³-hybridized carbons (Fsp3) is 0.316. The highest BCUT2D eigenvalue weighted by molar-refractivity contribution is 7.91. The quantitative estimate of drug-likeness (QED) is 0.753. The minimum absolute atomic E-state index is 0.0890. The van der Waals surface area contributed by atoms with Crippen LogP contribution >= 0.6 is 0 Å².